The fourth-order valence-corrected chi connectivity index (χ4v) is 2.35. The van der Waals surface area contributed by atoms with Crippen LogP contribution in [0.25, 0.3) is 0 Å². The van der Waals surface area contributed by atoms with Gasteiger partial charge in [0.15, 0.2) is 0 Å². The Morgan fingerprint density at radius 2 is 1.94 bits per heavy atom. The van der Waals surface area contributed by atoms with Gasteiger partial charge in [0.1, 0.15) is 6.42 Å². The summed E-state index contributed by atoms with van der Waals surface area (Å²) in [5.74, 6) is 0.517. The quantitative estimate of drug-likeness (QED) is 0.699. The van der Waals surface area contributed by atoms with Crippen molar-refractivity contribution >= 4 is 11.8 Å². The highest BCUT2D eigenvalue weighted by Gasteiger charge is 2.23. The highest BCUT2D eigenvalue weighted by atomic mass is 16.2. The second-order valence-electron chi connectivity index (χ2n) is 4.83. The Morgan fingerprint density at radius 3 is 2.47 bits per heavy atom. The first-order chi connectivity index (χ1) is 8.08. The van der Waals surface area contributed by atoms with Crippen molar-refractivity contribution in [3.05, 3.63) is 0 Å². The van der Waals surface area contributed by atoms with E-state index in [4.69, 9.17) is 0 Å². The summed E-state index contributed by atoms with van der Waals surface area (Å²) in [6, 6.07) is 0. The molecule has 1 rings (SSSR count). The van der Waals surface area contributed by atoms with Crippen molar-refractivity contribution in [1.29, 1.82) is 0 Å². The Hall–Kier alpha value is -1.06. The van der Waals surface area contributed by atoms with Crippen LogP contribution in [0.5, 0.6) is 0 Å². The van der Waals surface area contributed by atoms with Crippen molar-refractivity contribution in [2.45, 2.75) is 40.0 Å². The molecule has 1 heterocycles. The average Bonchev–Trinajstić information content (AvgIpc) is 2.30. The number of piperidine rings is 1. The van der Waals surface area contributed by atoms with Crippen LogP contribution < -0.4 is 0 Å². The SMILES string of the molecule is CCN(CC)C(=O)CC(=O)N1CCCC(C)C1. The van der Waals surface area contributed by atoms with Crippen LogP contribution in [0, 0.1) is 5.92 Å². The fraction of sp³-hybridized carbons (Fsp3) is 0.846. The number of nitrogens with zero attached hydrogens (tertiary/aromatic N) is 2. The summed E-state index contributed by atoms with van der Waals surface area (Å²) in [5, 5.41) is 0. The molecule has 0 spiro atoms. The standard InChI is InChI=1S/C13H24N2O2/c1-4-14(5-2)12(16)9-13(17)15-8-6-7-11(3)10-15/h11H,4-10H2,1-3H3. The molecule has 0 aromatic rings. The molecule has 0 aromatic carbocycles. The minimum atomic E-state index is -0.0433. The molecule has 1 aliphatic rings. The maximum atomic E-state index is 12.0. The van der Waals surface area contributed by atoms with Gasteiger partial charge in [-0.25, -0.2) is 0 Å². The van der Waals surface area contributed by atoms with Crippen LogP contribution in [0.2, 0.25) is 0 Å². The number of carbonyl (C=O) groups excluding carboxylic acids is 2. The number of rotatable bonds is 4. The van der Waals surface area contributed by atoms with E-state index in [1.165, 1.54) is 6.42 Å². The molecule has 98 valence electrons. The van der Waals surface area contributed by atoms with Crippen LogP contribution in [0.3, 0.4) is 0 Å². The fourth-order valence-electron chi connectivity index (χ4n) is 2.35. The smallest absolute Gasteiger partial charge is 0.232 e. The van der Waals surface area contributed by atoms with Gasteiger partial charge in [-0.05, 0) is 32.6 Å². The van der Waals surface area contributed by atoms with Crippen molar-refractivity contribution in [3.8, 4) is 0 Å². The summed E-state index contributed by atoms with van der Waals surface area (Å²) in [5.41, 5.74) is 0. The number of hydrogen-bond acceptors (Lipinski definition) is 2. The monoisotopic (exact) mass is 240 g/mol. The molecule has 1 aliphatic heterocycles. The number of hydrogen-bond donors (Lipinski definition) is 0. The second kappa shape index (κ2) is 6.62. The maximum Gasteiger partial charge on any atom is 0.232 e. The predicted molar refractivity (Wildman–Crippen MR) is 67.5 cm³/mol. The summed E-state index contributed by atoms with van der Waals surface area (Å²) in [6.45, 7) is 9.02. The Morgan fingerprint density at radius 1 is 1.29 bits per heavy atom. The first-order valence-electron chi connectivity index (χ1n) is 6.64. The molecule has 0 radical (unpaired) electrons. The third-order valence-corrected chi connectivity index (χ3v) is 3.43. The summed E-state index contributed by atoms with van der Waals surface area (Å²) in [7, 11) is 0. The summed E-state index contributed by atoms with van der Waals surface area (Å²) in [6.07, 6.45) is 2.29. The molecule has 0 aliphatic carbocycles. The topological polar surface area (TPSA) is 40.6 Å². The van der Waals surface area contributed by atoms with E-state index in [1.54, 1.807) is 4.90 Å². The minimum absolute atomic E-state index is 0.00606. The predicted octanol–water partition coefficient (Wildman–Crippen LogP) is 1.50. The second-order valence-corrected chi connectivity index (χ2v) is 4.83. The Labute approximate surface area is 104 Å². The Bertz CT molecular complexity index is 275. The van der Waals surface area contributed by atoms with Crippen molar-refractivity contribution in [3.63, 3.8) is 0 Å². The van der Waals surface area contributed by atoms with Gasteiger partial charge in [-0.3, -0.25) is 9.59 Å². The van der Waals surface area contributed by atoms with E-state index in [9.17, 15) is 9.59 Å². The van der Waals surface area contributed by atoms with Crippen LogP contribution in [0.1, 0.15) is 40.0 Å². The van der Waals surface area contributed by atoms with Crippen LogP contribution in [-0.4, -0.2) is 47.8 Å². The normalized spacial score (nSPS) is 20.2. The molecule has 17 heavy (non-hydrogen) atoms. The van der Waals surface area contributed by atoms with Crippen molar-refractivity contribution in [2.75, 3.05) is 26.2 Å². The highest BCUT2D eigenvalue weighted by Crippen LogP contribution is 2.16. The molecule has 2 amide bonds. The summed E-state index contributed by atoms with van der Waals surface area (Å²) in [4.78, 5) is 27.3. The molecule has 0 aromatic heterocycles. The van der Waals surface area contributed by atoms with Gasteiger partial charge >= 0.3 is 0 Å². The zero-order chi connectivity index (χ0) is 12.8. The van der Waals surface area contributed by atoms with Gasteiger partial charge in [-0.15, -0.1) is 0 Å². The molecule has 4 nitrogen and oxygen atoms in total. The molecule has 4 heteroatoms. The molecule has 0 N–H and O–H groups in total. The largest absolute Gasteiger partial charge is 0.343 e. The number of likely N-dealkylation sites (tertiary alicyclic amines) is 1. The van der Waals surface area contributed by atoms with Crippen molar-refractivity contribution in [1.82, 2.24) is 9.80 Å². The van der Waals surface area contributed by atoms with E-state index in [2.05, 4.69) is 6.92 Å². The van der Waals surface area contributed by atoms with E-state index < -0.39 is 0 Å². The van der Waals surface area contributed by atoms with Crippen LogP contribution >= 0.6 is 0 Å². The molecule has 1 atom stereocenters. The van der Waals surface area contributed by atoms with E-state index in [0.717, 1.165) is 19.5 Å². The number of carbonyl (C=O) groups is 2. The zero-order valence-corrected chi connectivity index (χ0v) is 11.2. The lowest BCUT2D eigenvalue weighted by molar-refractivity contribution is -0.141. The van der Waals surface area contributed by atoms with Gasteiger partial charge in [-0.2, -0.15) is 0 Å². The molecule has 0 saturated carbocycles. The Kier molecular flexibility index (Phi) is 5.45. The van der Waals surface area contributed by atoms with Gasteiger partial charge in [0.05, 0.1) is 0 Å². The van der Waals surface area contributed by atoms with Gasteiger partial charge in [0, 0.05) is 26.2 Å². The van der Waals surface area contributed by atoms with E-state index in [0.29, 0.717) is 19.0 Å². The summed E-state index contributed by atoms with van der Waals surface area (Å²) >= 11 is 0. The van der Waals surface area contributed by atoms with Crippen molar-refractivity contribution < 1.29 is 9.59 Å². The Balaban J connectivity index is 2.45. The van der Waals surface area contributed by atoms with Gasteiger partial charge in [0.25, 0.3) is 0 Å². The maximum absolute atomic E-state index is 12.0. The lowest BCUT2D eigenvalue weighted by Gasteiger charge is -2.31. The lowest BCUT2D eigenvalue weighted by atomic mass is 10.00. The third kappa shape index (κ3) is 4.02. The van der Waals surface area contributed by atoms with Crippen LogP contribution in [-0.2, 0) is 9.59 Å². The molecular formula is C13H24N2O2. The summed E-state index contributed by atoms with van der Waals surface area (Å²) < 4.78 is 0. The van der Waals surface area contributed by atoms with E-state index >= 15 is 0 Å². The molecule has 1 unspecified atom stereocenters. The lowest BCUT2D eigenvalue weighted by Crippen LogP contribution is -2.42. The van der Waals surface area contributed by atoms with Gasteiger partial charge < -0.3 is 9.80 Å². The van der Waals surface area contributed by atoms with E-state index in [1.807, 2.05) is 18.7 Å². The van der Waals surface area contributed by atoms with Crippen molar-refractivity contribution in [2.24, 2.45) is 5.92 Å². The third-order valence-electron chi connectivity index (χ3n) is 3.43. The molecule has 1 fully saturated rings. The highest BCUT2D eigenvalue weighted by molar-refractivity contribution is 5.96. The van der Waals surface area contributed by atoms with Gasteiger partial charge in [-0.1, -0.05) is 6.92 Å². The molecule has 1 saturated heterocycles. The average molecular weight is 240 g/mol. The molecular weight excluding hydrogens is 216 g/mol. The minimum Gasteiger partial charge on any atom is -0.343 e. The van der Waals surface area contributed by atoms with Crippen LogP contribution in [0.4, 0.5) is 0 Å². The van der Waals surface area contributed by atoms with E-state index in [-0.39, 0.29) is 18.2 Å². The first kappa shape index (κ1) is 14.0. The molecule has 0 bridgehead atoms. The number of amides is 2. The zero-order valence-electron chi connectivity index (χ0n) is 11.2. The van der Waals surface area contributed by atoms with Gasteiger partial charge in [0.2, 0.25) is 11.8 Å². The van der Waals surface area contributed by atoms with Crippen LogP contribution in [0.15, 0.2) is 0 Å². The first-order valence-corrected chi connectivity index (χ1v) is 6.64.